The molecule has 0 aliphatic heterocycles. The molecule has 0 aliphatic rings. The Bertz CT molecular complexity index is 373. The second-order valence-electron chi connectivity index (χ2n) is 2.90. The Morgan fingerprint density at radius 1 is 1.50 bits per heavy atom. The third-order valence-electron chi connectivity index (χ3n) is 1.73. The summed E-state index contributed by atoms with van der Waals surface area (Å²) >= 11 is 7.86. The van der Waals surface area contributed by atoms with Gasteiger partial charge in [0.25, 0.3) is 5.91 Å². The molecule has 1 N–H and O–H groups in total. The van der Waals surface area contributed by atoms with Gasteiger partial charge in [-0.1, -0.05) is 11.6 Å². The second-order valence-corrected chi connectivity index (χ2v) is 4.50. The zero-order valence-electron chi connectivity index (χ0n) is 8.63. The number of methoxy groups -OCH3 is 1. The number of rotatable bonds is 5. The Balaban J connectivity index is 2.55. The summed E-state index contributed by atoms with van der Waals surface area (Å²) in [4.78, 5) is 16.6. The lowest BCUT2D eigenvalue weighted by molar-refractivity contribution is 0.00883. The Hall–Kier alpha value is -0.370. The Morgan fingerprint density at radius 2 is 2.25 bits per heavy atom. The van der Waals surface area contributed by atoms with Gasteiger partial charge in [0.05, 0.1) is 18.8 Å². The molecule has 0 fully saturated rings. The van der Waals surface area contributed by atoms with Crippen LogP contribution in [0.15, 0.2) is 18.2 Å². The SMILES string of the molecule is COCCONC(=O)c1cc(Cl)ccc1I. The maximum Gasteiger partial charge on any atom is 0.275 e. The van der Waals surface area contributed by atoms with E-state index in [4.69, 9.17) is 21.2 Å². The van der Waals surface area contributed by atoms with E-state index in [-0.39, 0.29) is 5.91 Å². The summed E-state index contributed by atoms with van der Waals surface area (Å²) in [5.41, 5.74) is 2.81. The van der Waals surface area contributed by atoms with Crippen molar-refractivity contribution < 1.29 is 14.4 Å². The quantitative estimate of drug-likeness (QED) is 0.501. The number of nitrogens with one attached hydrogen (secondary N) is 1. The summed E-state index contributed by atoms with van der Waals surface area (Å²) in [6.07, 6.45) is 0. The molecule has 0 unspecified atom stereocenters. The Morgan fingerprint density at radius 3 is 2.94 bits per heavy atom. The number of ether oxygens (including phenoxy) is 1. The number of hydrogen-bond acceptors (Lipinski definition) is 3. The highest BCUT2D eigenvalue weighted by Crippen LogP contribution is 2.17. The molecule has 16 heavy (non-hydrogen) atoms. The first-order valence-electron chi connectivity index (χ1n) is 4.51. The number of amides is 1. The van der Waals surface area contributed by atoms with Crippen LogP contribution < -0.4 is 5.48 Å². The van der Waals surface area contributed by atoms with Gasteiger partial charge in [0.2, 0.25) is 0 Å². The van der Waals surface area contributed by atoms with Crippen LogP contribution in [0.5, 0.6) is 0 Å². The van der Waals surface area contributed by atoms with Crippen molar-refractivity contribution in [3.05, 3.63) is 32.4 Å². The lowest BCUT2D eigenvalue weighted by atomic mass is 10.2. The Kier molecular flexibility index (Phi) is 6.04. The van der Waals surface area contributed by atoms with E-state index in [0.29, 0.717) is 23.8 Å². The molecular weight excluding hydrogens is 344 g/mol. The summed E-state index contributed by atoms with van der Waals surface area (Å²) in [6, 6.07) is 5.09. The molecule has 0 bridgehead atoms. The average molecular weight is 356 g/mol. The predicted octanol–water partition coefficient (Wildman–Crippen LogP) is 2.25. The van der Waals surface area contributed by atoms with Gasteiger partial charge < -0.3 is 4.74 Å². The van der Waals surface area contributed by atoms with E-state index < -0.39 is 0 Å². The monoisotopic (exact) mass is 355 g/mol. The van der Waals surface area contributed by atoms with Crippen molar-refractivity contribution in [2.45, 2.75) is 0 Å². The molecule has 0 heterocycles. The van der Waals surface area contributed by atoms with Gasteiger partial charge >= 0.3 is 0 Å². The van der Waals surface area contributed by atoms with Crippen LogP contribution in [0.25, 0.3) is 0 Å². The zero-order valence-corrected chi connectivity index (χ0v) is 11.5. The molecule has 88 valence electrons. The molecule has 6 heteroatoms. The van der Waals surface area contributed by atoms with Crippen LogP contribution >= 0.6 is 34.2 Å². The van der Waals surface area contributed by atoms with Crippen molar-refractivity contribution in [3.63, 3.8) is 0 Å². The van der Waals surface area contributed by atoms with E-state index in [1.807, 2.05) is 0 Å². The van der Waals surface area contributed by atoms with E-state index in [1.165, 1.54) is 0 Å². The van der Waals surface area contributed by atoms with Gasteiger partial charge in [-0.3, -0.25) is 9.63 Å². The minimum atomic E-state index is -0.317. The van der Waals surface area contributed by atoms with E-state index >= 15 is 0 Å². The van der Waals surface area contributed by atoms with E-state index in [2.05, 4.69) is 28.1 Å². The standard InChI is InChI=1S/C10H11ClINO3/c1-15-4-5-16-13-10(14)8-6-7(11)2-3-9(8)12/h2-3,6H,4-5H2,1H3,(H,13,14). The molecule has 0 saturated heterocycles. The fourth-order valence-electron chi connectivity index (χ4n) is 0.968. The fraction of sp³-hybridized carbons (Fsp3) is 0.300. The third-order valence-corrected chi connectivity index (χ3v) is 2.90. The van der Waals surface area contributed by atoms with E-state index in [9.17, 15) is 4.79 Å². The summed E-state index contributed by atoms with van der Waals surface area (Å²) in [6.45, 7) is 0.728. The van der Waals surface area contributed by atoms with E-state index in [0.717, 1.165) is 3.57 Å². The highest BCUT2D eigenvalue weighted by molar-refractivity contribution is 14.1. The molecule has 0 spiro atoms. The van der Waals surface area contributed by atoms with Crippen LogP contribution in [0.4, 0.5) is 0 Å². The summed E-state index contributed by atoms with van der Waals surface area (Å²) in [5, 5.41) is 0.516. The number of hydrogen-bond donors (Lipinski definition) is 1. The highest BCUT2D eigenvalue weighted by atomic mass is 127. The van der Waals surface area contributed by atoms with E-state index in [1.54, 1.807) is 25.3 Å². The Labute approximate surface area is 112 Å². The van der Waals surface area contributed by atoms with Gasteiger partial charge in [-0.25, -0.2) is 5.48 Å². The molecule has 0 aliphatic carbocycles. The van der Waals surface area contributed by atoms with Gasteiger partial charge in [-0.2, -0.15) is 0 Å². The van der Waals surface area contributed by atoms with Crippen molar-refractivity contribution >= 4 is 40.1 Å². The molecule has 0 radical (unpaired) electrons. The van der Waals surface area contributed by atoms with Crippen molar-refractivity contribution in [3.8, 4) is 0 Å². The number of carbonyl (C=O) groups is 1. The maximum absolute atomic E-state index is 11.6. The number of carbonyl (C=O) groups excluding carboxylic acids is 1. The minimum absolute atomic E-state index is 0.305. The molecule has 1 aromatic rings. The second kappa shape index (κ2) is 7.05. The summed E-state index contributed by atoms with van der Waals surface area (Å²) in [5.74, 6) is -0.317. The number of hydroxylamine groups is 1. The van der Waals surface area contributed by atoms with Crippen molar-refractivity contribution in [1.29, 1.82) is 0 Å². The van der Waals surface area contributed by atoms with Crippen LogP contribution in [0.2, 0.25) is 5.02 Å². The van der Waals surface area contributed by atoms with Crippen LogP contribution in [0, 0.1) is 3.57 Å². The first kappa shape index (κ1) is 13.7. The molecule has 0 atom stereocenters. The van der Waals surface area contributed by atoms with Gasteiger partial charge in [-0.05, 0) is 40.8 Å². The molecule has 1 aromatic carbocycles. The third kappa shape index (κ3) is 4.25. The largest absolute Gasteiger partial charge is 0.382 e. The zero-order chi connectivity index (χ0) is 12.0. The maximum atomic E-state index is 11.6. The summed E-state index contributed by atoms with van der Waals surface area (Å²) in [7, 11) is 1.56. The van der Waals surface area contributed by atoms with Crippen molar-refractivity contribution in [1.82, 2.24) is 5.48 Å². The van der Waals surface area contributed by atoms with Gasteiger partial charge in [0, 0.05) is 15.7 Å². The molecule has 1 rings (SSSR count). The van der Waals surface area contributed by atoms with Crippen LogP contribution in [0.3, 0.4) is 0 Å². The molecule has 0 saturated carbocycles. The highest BCUT2D eigenvalue weighted by Gasteiger charge is 2.10. The topological polar surface area (TPSA) is 47.6 Å². The molecule has 1 amide bonds. The number of benzene rings is 1. The summed E-state index contributed by atoms with van der Waals surface area (Å²) < 4.78 is 5.59. The molecule has 0 aromatic heterocycles. The molecule has 4 nitrogen and oxygen atoms in total. The van der Waals surface area contributed by atoms with Crippen LogP contribution in [0.1, 0.15) is 10.4 Å². The smallest absolute Gasteiger partial charge is 0.275 e. The van der Waals surface area contributed by atoms with Gasteiger partial charge in [0.15, 0.2) is 0 Å². The van der Waals surface area contributed by atoms with Gasteiger partial charge in [0.1, 0.15) is 0 Å². The normalized spacial score (nSPS) is 10.2. The lowest BCUT2D eigenvalue weighted by Crippen LogP contribution is -2.26. The van der Waals surface area contributed by atoms with Crippen molar-refractivity contribution in [2.75, 3.05) is 20.3 Å². The first-order valence-corrected chi connectivity index (χ1v) is 5.97. The lowest BCUT2D eigenvalue weighted by Gasteiger charge is -2.07. The van der Waals surface area contributed by atoms with Crippen LogP contribution in [-0.4, -0.2) is 26.2 Å². The predicted molar refractivity (Wildman–Crippen MR) is 69.5 cm³/mol. The number of halogens is 2. The minimum Gasteiger partial charge on any atom is -0.382 e. The first-order chi connectivity index (χ1) is 7.65. The molecular formula is C10H11ClINO3. The van der Waals surface area contributed by atoms with Crippen LogP contribution in [-0.2, 0) is 9.57 Å². The van der Waals surface area contributed by atoms with Gasteiger partial charge in [-0.15, -0.1) is 0 Å². The van der Waals surface area contributed by atoms with Crippen molar-refractivity contribution in [2.24, 2.45) is 0 Å². The fourth-order valence-corrected chi connectivity index (χ4v) is 1.72. The average Bonchev–Trinajstić information content (AvgIpc) is 2.27.